The molecule has 0 radical (unpaired) electrons. The van der Waals surface area contributed by atoms with E-state index in [4.69, 9.17) is 9.47 Å². The SMILES string of the molecule is CC1CCC(C(C)C)C(OCC(=O)N(C2CCCCC2)C2CC(C(=O)NCCO)=CC(Oc3ccccc3I)C2O)C1. The molecular weight excluding hydrogens is 647 g/mol. The lowest BCUT2D eigenvalue weighted by Crippen LogP contribution is -2.59. The molecule has 4 rings (SSSR count). The van der Waals surface area contributed by atoms with Crippen LogP contribution in [0.2, 0.25) is 0 Å². The van der Waals surface area contributed by atoms with Crippen LogP contribution in [0.3, 0.4) is 0 Å². The van der Waals surface area contributed by atoms with Crippen molar-refractivity contribution >= 4 is 34.4 Å². The Kier molecular flexibility index (Phi) is 12.5. The van der Waals surface area contributed by atoms with Crippen LogP contribution in [0, 0.1) is 21.3 Å². The number of hydrogen-bond donors (Lipinski definition) is 3. The van der Waals surface area contributed by atoms with Gasteiger partial charge in [0.2, 0.25) is 11.8 Å². The predicted molar refractivity (Wildman–Crippen MR) is 171 cm³/mol. The van der Waals surface area contributed by atoms with Crippen LogP contribution in [0.15, 0.2) is 35.9 Å². The minimum Gasteiger partial charge on any atom is -0.482 e. The highest BCUT2D eigenvalue weighted by Gasteiger charge is 2.43. The topological polar surface area (TPSA) is 108 Å². The third kappa shape index (κ3) is 8.48. The molecule has 0 aromatic heterocycles. The van der Waals surface area contributed by atoms with E-state index in [2.05, 4.69) is 48.7 Å². The van der Waals surface area contributed by atoms with Crippen LogP contribution in [-0.2, 0) is 14.3 Å². The second kappa shape index (κ2) is 15.9. The van der Waals surface area contributed by atoms with E-state index in [-0.39, 0.29) is 50.1 Å². The van der Waals surface area contributed by atoms with Gasteiger partial charge in [-0.3, -0.25) is 9.59 Å². The molecule has 6 atom stereocenters. The number of nitrogens with one attached hydrogen (secondary N) is 1. The minimum absolute atomic E-state index is 0.0296. The first-order valence-corrected chi connectivity index (χ1v) is 16.9. The zero-order valence-electron chi connectivity index (χ0n) is 25.3. The van der Waals surface area contributed by atoms with E-state index < -0.39 is 18.2 Å². The van der Waals surface area contributed by atoms with E-state index in [0.29, 0.717) is 29.1 Å². The molecule has 1 aromatic rings. The van der Waals surface area contributed by atoms with Gasteiger partial charge in [-0.1, -0.05) is 58.6 Å². The summed E-state index contributed by atoms with van der Waals surface area (Å²) in [7, 11) is 0. The second-order valence-corrected chi connectivity index (χ2v) is 13.9. The van der Waals surface area contributed by atoms with Crippen molar-refractivity contribution in [3.8, 4) is 5.75 Å². The number of ether oxygens (including phenoxy) is 2. The van der Waals surface area contributed by atoms with E-state index in [1.54, 1.807) is 6.08 Å². The maximum Gasteiger partial charge on any atom is 0.249 e. The zero-order valence-corrected chi connectivity index (χ0v) is 27.5. The first-order valence-electron chi connectivity index (χ1n) is 15.8. The lowest BCUT2D eigenvalue weighted by molar-refractivity contribution is -0.153. The molecule has 2 saturated carbocycles. The number of nitrogens with zero attached hydrogens (tertiary/aromatic N) is 1. The maximum atomic E-state index is 14.2. The third-order valence-corrected chi connectivity index (χ3v) is 10.2. The highest BCUT2D eigenvalue weighted by molar-refractivity contribution is 14.1. The highest BCUT2D eigenvalue weighted by atomic mass is 127. The number of hydrogen-bond acceptors (Lipinski definition) is 6. The van der Waals surface area contributed by atoms with Gasteiger partial charge >= 0.3 is 0 Å². The van der Waals surface area contributed by atoms with Gasteiger partial charge in [0.25, 0.3) is 0 Å². The molecule has 0 saturated heterocycles. The molecule has 2 fully saturated rings. The van der Waals surface area contributed by atoms with Crippen LogP contribution < -0.4 is 10.1 Å². The van der Waals surface area contributed by atoms with E-state index in [9.17, 15) is 19.8 Å². The number of benzene rings is 1. The average Bonchev–Trinajstić information content (AvgIpc) is 2.98. The minimum atomic E-state index is -1.03. The van der Waals surface area contributed by atoms with Crippen LogP contribution in [0.1, 0.15) is 78.6 Å². The van der Waals surface area contributed by atoms with Gasteiger partial charge in [-0.05, 0) is 84.2 Å². The summed E-state index contributed by atoms with van der Waals surface area (Å²) in [4.78, 5) is 29.1. The average molecular weight is 697 g/mol. The van der Waals surface area contributed by atoms with E-state index in [1.807, 2.05) is 29.2 Å². The Labute approximate surface area is 264 Å². The van der Waals surface area contributed by atoms with Gasteiger partial charge in [-0.25, -0.2) is 0 Å². The number of carbonyl (C=O) groups excluding carboxylic acids is 2. The molecule has 2 amide bonds. The number of aliphatic hydroxyl groups is 2. The van der Waals surface area contributed by atoms with Crippen molar-refractivity contribution < 1.29 is 29.3 Å². The van der Waals surface area contributed by atoms with E-state index >= 15 is 0 Å². The number of halogens is 1. The monoisotopic (exact) mass is 696 g/mol. The molecule has 1 aromatic carbocycles. The number of carbonyl (C=O) groups is 2. The molecule has 234 valence electrons. The molecule has 3 N–H and O–H groups in total. The first-order chi connectivity index (χ1) is 20.2. The number of aliphatic hydroxyl groups excluding tert-OH is 2. The van der Waals surface area contributed by atoms with Gasteiger partial charge < -0.3 is 29.9 Å². The molecule has 3 aliphatic rings. The summed E-state index contributed by atoms with van der Waals surface area (Å²) in [6, 6.07) is 6.88. The summed E-state index contributed by atoms with van der Waals surface area (Å²) < 4.78 is 13.6. The summed E-state index contributed by atoms with van der Waals surface area (Å²) in [5, 5.41) is 23.8. The van der Waals surface area contributed by atoms with Crippen molar-refractivity contribution in [1.29, 1.82) is 0 Å². The van der Waals surface area contributed by atoms with Crippen molar-refractivity contribution in [2.45, 2.75) is 109 Å². The van der Waals surface area contributed by atoms with Crippen LogP contribution in [0.5, 0.6) is 5.75 Å². The summed E-state index contributed by atoms with van der Waals surface area (Å²) in [6.45, 7) is 6.64. The molecule has 8 nitrogen and oxygen atoms in total. The van der Waals surface area contributed by atoms with Gasteiger partial charge in [0.1, 0.15) is 24.6 Å². The lowest BCUT2D eigenvalue weighted by atomic mass is 9.75. The van der Waals surface area contributed by atoms with Crippen LogP contribution in [-0.4, -0.2) is 77.1 Å². The standard InChI is InChI=1S/C33H49IN2O6/c1-21(2)25-14-13-22(3)17-29(25)41-20-31(38)36(24-9-5-4-6-10-24)27-18-23(33(40)35-15-16-37)19-30(32(27)39)42-28-12-8-7-11-26(28)34/h7-8,11-12,19,21-22,24-25,27,29-30,32,37,39H,4-6,9-10,13-18,20H2,1-3H3,(H,35,40). The fourth-order valence-electron chi connectivity index (χ4n) is 7.01. The van der Waals surface area contributed by atoms with E-state index in [0.717, 1.165) is 48.5 Å². The Balaban J connectivity index is 1.60. The Morgan fingerprint density at radius 2 is 1.86 bits per heavy atom. The maximum absolute atomic E-state index is 14.2. The molecule has 0 aliphatic heterocycles. The highest BCUT2D eigenvalue weighted by Crippen LogP contribution is 2.37. The fraction of sp³-hybridized carbons (Fsp3) is 0.697. The second-order valence-electron chi connectivity index (χ2n) is 12.7. The Hall–Kier alpha value is -1.69. The smallest absolute Gasteiger partial charge is 0.249 e. The normalized spacial score (nSPS) is 28.7. The lowest BCUT2D eigenvalue weighted by Gasteiger charge is -2.45. The molecule has 42 heavy (non-hydrogen) atoms. The largest absolute Gasteiger partial charge is 0.482 e. The quantitative estimate of drug-likeness (QED) is 0.286. The molecular formula is C33H49IN2O6. The Morgan fingerprint density at radius 3 is 2.55 bits per heavy atom. The predicted octanol–water partition coefficient (Wildman–Crippen LogP) is 4.85. The molecule has 0 spiro atoms. The summed E-state index contributed by atoms with van der Waals surface area (Å²) in [5.74, 6) is 1.64. The van der Waals surface area contributed by atoms with Gasteiger partial charge in [-0.15, -0.1) is 0 Å². The Bertz CT molecular complexity index is 1070. The molecule has 0 heterocycles. The van der Waals surface area contributed by atoms with Crippen LogP contribution >= 0.6 is 22.6 Å². The van der Waals surface area contributed by atoms with Crippen molar-refractivity contribution in [1.82, 2.24) is 10.2 Å². The van der Waals surface area contributed by atoms with E-state index in [1.165, 1.54) is 6.42 Å². The van der Waals surface area contributed by atoms with Crippen LogP contribution in [0.25, 0.3) is 0 Å². The molecule has 6 unspecified atom stereocenters. The number of para-hydroxylation sites is 1. The first kappa shape index (κ1) is 33.2. The summed E-state index contributed by atoms with van der Waals surface area (Å²) in [5.41, 5.74) is 0.449. The summed E-state index contributed by atoms with van der Waals surface area (Å²) in [6.07, 6.45) is 8.23. The molecule has 3 aliphatic carbocycles. The van der Waals surface area contributed by atoms with Crippen molar-refractivity contribution in [2.24, 2.45) is 17.8 Å². The molecule has 9 heteroatoms. The fourth-order valence-corrected chi connectivity index (χ4v) is 7.53. The van der Waals surface area contributed by atoms with Crippen LogP contribution in [0.4, 0.5) is 0 Å². The summed E-state index contributed by atoms with van der Waals surface area (Å²) >= 11 is 2.19. The third-order valence-electron chi connectivity index (χ3n) is 9.31. The zero-order chi connectivity index (χ0) is 30.2. The van der Waals surface area contributed by atoms with Gasteiger partial charge in [-0.2, -0.15) is 0 Å². The number of amides is 2. The van der Waals surface area contributed by atoms with Crippen molar-refractivity contribution in [3.05, 3.63) is 39.5 Å². The van der Waals surface area contributed by atoms with Gasteiger partial charge in [0, 0.05) is 24.6 Å². The van der Waals surface area contributed by atoms with Gasteiger partial charge in [0.05, 0.1) is 22.3 Å². The molecule has 0 bridgehead atoms. The number of rotatable bonds is 11. The van der Waals surface area contributed by atoms with Crippen molar-refractivity contribution in [2.75, 3.05) is 19.8 Å². The Morgan fingerprint density at radius 1 is 1.12 bits per heavy atom. The van der Waals surface area contributed by atoms with Gasteiger partial charge in [0.15, 0.2) is 0 Å². The van der Waals surface area contributed by atoms with Crippen molar-refractivity contribution in [3.63, 3.8) is 0 Å².